The molecule has 2 aromatic heterocycles. The molecule has 0 unspecified atom stereocenters. The van der Waals surface area contributed by atoms with Crippen molar-refractivity contribution in [1.82, 2.24) is 9.13 Å². The molecule has 0 saturated heterocycles. The van der Waals surface area contributed by atoms with Crippen LogP contribution in [-0.2, 0) is 19.4 Å². The lowest BCUT2D eigenvalue weighted by Crippen LogP contribution is -2.24. The SMILES string of the molecule is Cc1ccc(Oc2ccc(Oc3ccc(-n4c(=O)c5cc6c(=O)n(C)c(=O)c6cc5c4=O)cc3C(F)(F)F)cc2)c(C(F)(F)F)c1. The fourth-order valence-corrected chi connectivity index (χ4v) is 5.08. The van der Waals surface area contributed by atoms with Crippen LogP contribution in [0, 0.1) is 6.92 Å². The quantitative estimate of drug-likeness (QED) is 0.203. The van der Waals surface area contributed by atoms with E-state index < -0.39 is 62.9 Å². The highest BCUT2D eigenvalue weighted by atomic mass is 19.4. The largest absolute Gasteiger partial charge is 0.457 e. The van der Waals surface area contributed by atoms with E-state index in [9.17, 15) is 45.5 Å². The molecule has 2 heterocycles. The first kappa shape index (κ1) is 30.4. The van der Waals surface area contributed by atoms with Crippen molar-refractivity contribution in [1.29, 1.82) is 0 Å². The molecule has 0 bridgehead atoms. The molecule has 0 saturated carbocycles. The number of rotatable bonds is 5. The molecule has 0 aliphatic carbocycles. The summed E-state index contributed by atoms with van der Waals surface area (Å²) < 4.78 is 94.9. The third kappa shape index (κ3) is 5.10. The number of hydrogen-bond acceptors (Lipinski definition) is 6. The van der Waals surface area contributed by atoms with Crippen LogP contribution in [0.2, 0.25) is 0 Å². The van der Waals surface area contributed by atoms with Crippen molar-refractivity contribution in [2.24, 2.45) is 7.05 Å². The fraction of sp³-hybridized carbons (Fsp3) is 0.125. The number of aryl methyl sites for hydroxylation is 1. The number of hydrogen-bond donors (Lipinski definition) is 0. The Morgan fingerprint density at radius 3 is 1.41 bits per heavy atom. The standard InChI is InChI=1S/C32H18F6N2O6/c1-15-3-9-25(23(11-15)31(33,34)35)45-17-5-7-18(8-6-17)46-26-10-4-16(12-24(26)32(36,37)38)40-29(43)21-13-19-20(14-22(21)30(40)44)28(42)39(2)27(19)41/h3-14H,1-2H3. The van der Waals surface area contributed by atoms with Gasteiger partial charge in [0, 0.05) is 7.05 Å². The lowest BCUT2D eigenvalue weighted by atomic mass is 10.1. The number of alkyl halides is 6. The zero-order valence-corrected chi connectivity index (χ0v) is 23.5. The van der Waals surface area contributed by atoms with E-state index in [2.05, 4.69) is 0 Å². The van der Waals surface area contributed by atoms with Gasteiger partial charge in [0.25, 0.3) is 22.2 Å². The second kappa shape index (κ2) is 10.5. The van der Waals surface area contributed by atoms with Gasteiger partial charge in [0.15, 0.2) is 0 Å². The molecular formula is C32H18F6N2O6. The van der Waals surface area contributed by atoms with Crippen LogP contribution in [0.3, 0.4) is 0 Å². The molecule has 0 radical (unpaired) electrons. The number of ether oxygens (including phenoxy) is 2. The molecule has 0 aliphatic rings. The molecule has 6 rings (SSSR count). The molecule has 0 fully saturated rings. The molecule has 0 N–H and O–H groups in total. The Labute approximate surface area is 252 Å². The third-order valence-corrected chi connectivity index (χ3v) is 7.34. The van der Waals surface area contributed by atoms with Gasteiger partial charge in [-0.3, -0.25) is 23.7 Å². The van der Waals surface area contributed by atoms with E-state index in [1.807, 2.05) is 0 Å². The van der Waals surface area contributed by atoms with Gasteiger partial charge in [0.05, 0.1) is 32.8 Å². The average Bonchev–Trinajstić information content (AvgIpc) is 3.36. The number of fused-ring (bicyclic) bond motifs is 2. The molecule has 4 aromatic carbocycles. The zero-order chi connectivity index (χ0) is 33.3. The summed E-state index contributed by atoms with van der Waals surface area (Å²) in [6.45, 7) is 1.49. The Morgan fingerprint density at radius 1 is 0.543 bits per heavy atom. The molecule has 6 aromatic rings. The molecule has 0 amide bonds. The predicted molar refractivity (Wildman–Crippen MR) is 155 cm³/mol. The molecule has 0 aliphatic heterocycles. The highest BCUT2D eigenvalue weighted by Crippen LogP contribution is 2.41. The van der Waals surface area contributed by atoms with Gasteiger partial charge in [0.2, 0.25) is 0 Å². The normalized spacial score (nSPS) is 12.3. The summed E-state index contributed by atoms with van der Waals surface area (Å²) in [5, 5.41) is -0.705. The van der Waals surface area contributed by atoms with E-state index in [4.69, 9.17) is 9.47 Å². The summed E-state index contributed by atoms with van der Waals surface area (Å²) in [5.41, 5.74) is -5.78. The van der Waals surface area contributed by atoms with Crippen LogP contribution in [0.5, 0.6) is 23.0 Å². The van der Waals surface area contributed by atoms with Gasteiger partial charge in [-0.25, -0.2) is 4.57 Å². The number of nitrogens with zero attached hydrogens (tertiary/aromatic N) is 2. The van der Waals surface area contributed by atoms with Gasteiger partial charge >= 0.3 is 12.4 Å². The number of halogens is 6. The maximum atomic E-state index is 14.2. The van der Waals surface area contributed by atoms with Gasteiger partial charge in [-0.15, -0.1) is 0 Å². The Kier molecular flexibility index (Phi) is 6.91. The minimum atomic E-state index is -5.02. The number of benzene rings is 4. The van der Waals surface area contributed by atoms with Crippen molar-refractivity contribution in [2.45, 2.75) is 19.3 Å². The molecular weight excluding hydrogens is 622 g/mol. The Bertz CT molecular complexity index is 2320. The monoisotopic (exact) mass is 640 g/mol. The predicted octanol–water partition coefficient (Wildman–Crippen LogP) is 6.37. The first-order valence-electron chi connectivity index (χ1n) is 13.3. The van der Waals surface area contributed by atoms with Crippen LogP contribution in [0.4, 0.5) is 26.3 Å². The lowest BCUT2D eigenvalue weighted by molar-refractivity contribution is -0.139. The Balaban J connectivity index is 1.34. The minimum Gasteiger partial charge on any atom is -0.457 e. The van der Waals surface area contributed by atoms with Crippen LogP contribution in [0.1, 0.15) is 16.7 Å². The first-order valence-corrected chi connectivity index (χ1v) is 13.3. The molecule has 8 nitrogen and oxygen atoms in total. The molecule has 0 spiro atoms. The van der Waals surface area contributed by atoms with Gasteiger partial charge in [-0.05, 0) is 73.7 Å². The van der Waals surface area contributed by atoms with Gasteiger partial charge in [-0.1, -0.05) is 11.6 Å². The number of aromatic nitrogens is 2. The summed E-state index contributed by atoms with van der Waals surface area (Å²) in [7, 11) is 1.23. The van der Waals surface area contributed by atoms with E-state index in [0.717, 1.165) is 41.0 Å². The van der Waals surface area contributed by atoms with E-state index in [1.165, 1.54) is 44.3 Å². The molecule has 14 heteroatoms. The van der Waals surface area contributed by atoms with E-state index in [0.29, 0.717) is 16.2 Å². The van der Waals surface area contributed by atoms with Crippen LogP contribution in [0.25, 0.3) is 27.2 Å². The summed E-state index contributed by atoms with van der Waals surface area (Å²) in [5.74, 6) is -1.33. The van der Waals surface area contributed by atoms with Crippen LogP contribution in [-0.4, -0.2) is 9.13 Å². The van der Waals surface area contributed by atoms with Crippen molar-refractivity contribution in [3.63, 3.8) is 0 Å². The van der Waals surface area contributed by atoms with Crippen LogP contribution < -0.4 is 31.7 Å². The van der Waals surface area contributed by atoms with Crippen LogP contribution in [0.15, 0.2) is 92.0 Å². The van der Waals surface area contributed by atoms with Gasteiger partial charge in [-0.2, -0.15) is 26.3 Å². The second-order valence-electron chi connectivity index (χ2n) is 10.4. The van der Waals surface area contributed by atoms with Crippen molar-refractivity contribution < 1.29 is 35.8 Å². The maximum Gasteiger partial charge on any atom is 0.420 e. The summed E-state index contributed by atoms with van der Waals surface area (Å²) in [6.07, 6.45) is -9.70. The van der Waals surface area contributed by atoms with E-state index >= 15 is 0 Å². The third-order valence-electron chi connectivity index (χ3n) is 7.34. The smallest absolute Gasteiger partial charge is 0.420 e. The van der Waals surface area contributed by atoms with Crippen LogP contribution >= 0.6 is 0 Å². The van der Waals surface area contributed by atoms with Gasteiger partial charge < -0.3 is 9.47 Å². The highest BCUT2D eigenvalue weighted by Gasteiger charge is 2.36. The summed E-state index contributed by atoms with van der Waals surface area (Å²) in [4.78, 5) is 51.1. The lowest BCUT2D eigenvalue weighted by Gasteiger charge is -2.16. The van der Waals surface area contributed by atoms with Crippen molar-refractivity contribution in [3.8, 4) is 28.7 Å². The maximum absolute atomic E-state index is 14.2. The highest BCUT2D eigenvalue weighted by molar-refractivity contribution is 5.98. The Morgan fingerprint density at radius 2 is 0.957 bits per heavy atom. The van der Waals surface area contributed by atoms with Crippen molar-refractivity contribution in [3.05, 3.63) is 131 Å². The second-order valence-corrected chi connectivity index (χ2v) is 10.4. The Hall–Kier alpha value is -5.66. The fourth-order valence-electron chi connectivity index (χ4n) is 5.08. The summed E-state index contributed by atoms with van der Waals surface area (Å²) in [6, 6.07) is 12.9. The average molecular weight is 640 g/mol. The van der Waals surface area contributed by atoms with Crippen molar-refractivity contribution >= 4 is 21.5 Å². The summed E-state index contributed by atoms with van der Waals surface area (Å²) >= 11 is 0. The zero-order valence-electron chi connectivity index (χ0n) is 23.5. The van der Waals surface area contributed by atoms with E-state index in [1.54, 1.807) is 0 Å². The first-order chi connectivity index (χ1) is 21.5. The molecule has 46 heavy (non-hydrogen) atoms. The van der Waals surface area contributed by atoms with Crippen molar-refractivity contribution in [2.75, 3.05) is 0 Å². The molecule has 234 valence electrons. The van der Waals surface area contributed by atoms with E-state index in [-0.39, 0.29) is 33.0 Å². The molecule has 0 atom stereocenters. The minimum absolute atomic E-state index is 0.0419. The van der Waals surface area contributed by atoms with Gasteiger partial charge in [0.1, 0.15) is 28.6 Å². The topological polar surface area (TPSA) is 96.6 Å².